The van der Waals surface area contributed by atoms with Crippen LogP contribution < -0.4 is 0 Å². The number of hydrogen-bond acceptors (Lipinski definition) is 3. The summed E-state index contributed by atoms with van der Waals surface area (Å²) in [6, 6.07) is 68.0. The van der Waals surface area contributed by atoms with Gasteiger partial charge in [-0.2, -0.15) is 0 Å². The van der Waals surface area contributed by atoms with Gasteiger partial charge in [-0.3, -0.25) is 0 Å². The Bertz CT molecular complexity index is 3410. The Kier molecular flexibility index (Phi) is 7.27. The molecule has 0 bridgehead atoms. The lowest BCUT2D eigenvalue weighted by Crippen LogP contribution is -2.14. The van der Waals surface area contributed by atoms with Crippen LogP contribution in [0.1, 0.15) is 25.0 Å². The lowest BCUT2D eigenvalue weighted by atomic mass is 9.82. The first-order valence-corrected chi connectivity index (χ1v) is 20.3. The highest BCUT2D eigenvalue weighted by Crippen LogP contribution is 2.49. The first kappa shape index (κ1) is 33.6. The number of benzene rings is 10. The van der Waals surface area contributed by atoms with Crippen molar-refractivity contribution in [3.63, 3.8) is 0 Å². The summed E-state index contributed by atoms with van der Waals surface area (Å²) in [4.78, 5) is 15.8. The van der Waals surface area contributed by atoms with E-state index in [-0.39, 0.29) is 5.41 Å². The third kappa shape index (κ3) is 5.32. The Hall–Kier alpha value is -7.49. The molecule has 0 amide bonds. The van der Waals surface area contributed by atoms with Crippen molar-refractivity contribution in [1.29, 1.82) is 0 Å². The maximum Gasteiger partial charge on any atom is 0.164 e. The van der Waals surface area contributed by atoms with E-state index < -0.39 is 0 Å². The largest absolute Gasteiger partial charge is 0.208 e. The second kappa shape index (κ2) is 12.8. The van der Waals surface area contributed by atoms with Gasteiger partial charge in [-0.25, -0.2) is 15.0 Å². The van der Waals surface area contributed by atoms with Gasteiger partial charge in [-0.05, 0) is 112 Å². The minimum atomic E-state index is -0.0216. The van der Waals surface area contributed by atoms with Crippen molar-refractivity contribution >= 4 is 53.9 Å². The van der Waals surface area contributed by atoms with Gasteiger partial charge in [0.05, 0.1) is 0 Å². The topological polar surface area (TPSA) is 38.7 Å². The zero-order chi connectivity index (χ0) is 39.2. The van der Waals surface area contributed by atoms with Crippen molar-refractivity contribution in [1.82, 2.24) is 15.0 Å². The van der Waals surface area contributed by atoms with Gasteiger partial charge in [0.15, 0.2) is 17.5 Å². The molecule has 0 radical (unpaired) electrons. The molecular formula is C56H37N3. The molecule has 59 heavy (non-hydrogen) atoms. The number of rotatable bonds is 4. The molecular weight excluding hydrogens is 715 g/mol. The first-order valence-electron chi connectivity index (χ1n) is 20.3. The molecule has 11 aromatic rings. The Morgan fingerprint density at radius 2 is 0.763 bits per heavy atom. The quantitative estimate of drug-likeness (QED) is 0.168. The summed E-state index contributed by atoms with van der Waals surface area (Å²) in [5.74, 6) is 1.94. The van der Waals surface area contributed by atoms with Gasteiger partial charge in [0.1, 0.15) is 0 Å². The van der Waals surface area contributed by atoms with E-state index >= 15 is 0 Å². The summed E-state index contributed by atoms with van der Waals surface area (Å²) in [6.07, 6.45) is 0. The molecule has 0 atom stereocenters. The van der Waals surface area contributed by atoms with E-state index in [2.05, 4.69) is 202 Å². The van der Waals surface area contributed by atoms with E-state index in [0.29, 0.717) is 17.5 Å². The van der Waals surface area contributed by atoms with Crippen LogP contribution in [0.5, 0.6) is 0 Å². The molecule has 0 spiro atoms. The predicted octanol–water partition coefficient (Wildman–Crippen LogP) is 14.6. The fourth-order valence-corrected chi connectivity index (χ4v) is 9.59. The Labute approximate surface area is 342 Å². The third-order valence-corrected chi connectivity index (χ3v) is 12.7. The zero-order valence-corrected chi connectivity index (χ0v) is 32.7. The van der Waals surface area contributed by atoms with Gasteiger partial charge in [-0.15, -0.1) is 0 Å². The molecule has 1 aliphatic carbocycles. The minimum absolute atomic E-state index is 0.0216. The van der Waals surface area contributed by atoms with E-state index in [1.54, 1.807) is 0 Å². The number of nitrogens with zero attached hydrogens (tertiary/aromatic N) is 3. The van der Waals surface area contributed by atoms with Crippen LogP contribution in [0.2, 0.25) is 0 Å². The van der Waals surface area contributed by atoms with Crippen LogP contribution in [0.15, 0.2) is 188 Å². The van der Waals surface area contributed by atoms with Crippen molar-refractivity contribution in [3.8, 4) is 56.4 Å². The van der Waals surface area contributed by atoms with E-state index in [0.717, 1.165) is 27.5 Å². The second-order valence-electron chi connectivity index (χ2n) is 16.4. The summed E-state index contributed by atoms with van der Waals surface area (Å²) in [7, 11) is 0. The lowest BCUT2D eigenvalue weighted by Gasteiger charge is -2.21. The maximum atomic E-state index is 5.28. The molecule has 1 heterocycles. The Morgan fingerprint density at radius 3 is 1.44 bits per heavy atom. The van der Waals surface area contributed by atoms with Gasteiger partial charge in [0, 0.05) is 22.1 Å². The van der Waals surface area contributed by atoms with Crippen LogP contribution in [0.25, 0.3) is 110 Å². The molecule has 0 fully saturated rings. The average Bonchev–Trinajstić information content (AvgIpc) is 3.53. The summed E-state index contributed by atoms with van der Waals surface area (Å²) in [5, 5.41) is 11.8. The molecule has 12 rings (SSSR count). The molecule has 0 saturated heterocycles. The predicted molar refractivity (Wildman–Crippen MR) is 247 cm³/mol. The molecule has 0 aliphatic heterocycles. The summed E-state index contributed by atoms with van der Waals surface area (Å²) < 4.78 is 0. The van der Waals surface area contributed by atoms with Gasteiger partial charge in [0.25, 0.3) is 0 Å². The smallest absolute Gasteiger partial charge is 0.164 e. The third-order valence-electron chi connectivity index (χ3n) is 12.7. The normalized spacial score (nSPS) is 13.1. The fraction of sp³-hybridized carbons (Fsp3) is 0.0536. The number of hydrogen-bond donors (Lipinski definition) is 0. The van der Waals surface area contributed by atoms with Crippen LogP contribution in [-0.2, 0) is 5.41 Å². The molecule has 0 saturated carbocycles. The molecule has 1 aliphatic rings. The highest BCUT2D eigenvalue weighted by Gasteiger charge is 2.35. The number of aromatic nitrogens is 3. The van der Waals surface area contributed by atoms with Gasteiger partial charge in [-0.1, -0.05) is 178 Å². The van der Waals surface area contributed by atoms with Crippen LogP contribution >= 0.6 is 0 Å². The van der Waals surface area contributed by atoms with E-state index in [1.165, 1.54) is 76.5 Å². The SMILES string of the molecule is CC1(C)c2ccccc2-c2cc(-c3ccc4c(-c5nc(-c6ccc7ccc8ccccc8c7c6)nc(-c6ccc7ccc8ccccc8c7c6)n5)cccc4c3)ccc21. The van der Waals surface area contributed by atoms with Crippen LogP contribution in [0.3, 0.4) is 0 Å². The molecule has 0 unspecified atom stereocenters. The minimum Gasteiger partial charge on any atom is -0.208 e. The van der Waals surface area contributed by atoms with Crippen molar-refractivity contribution in [2.75, 3.05) is 0 Å². The first-order chi connectivity index (χ1) is 29.0. The van der Waals surface area contributed by atoms with Crippen molar-refractivity contribution in [2.45, 2.75) is 19.3 Å². The molecule has 276 valence electrons. The average molecular weight is 752 g/mol. The summed E-state index contributed by atoms with van der Waals surface area (Å²) in [6.45, 7) is 4.66. The van der Waals surface area contributed by atoms with Gasteiger partial charge < -0.3 is 0 Å². The van der Waals surface area contributed by atoms with Crippen LogP contribution in [-0.4, -0.2) is 15.0 Å². The van der Waals surface area contributed by atoms with E-state index in [9.17, 15) is 0 Å². The fourth-order valence-electron chi connectivity index (χ4n) is 9.59. The van der Waals surface area contributed by atoms with Crippen LogP contribution in [0, 0.1) is 0 Å². The monoisotopic (exact) mass is 751 g/mol. The summed E-state index contributed by atoms with van der Waals surface area (Å²) in [5.41, 5.74) is 10.7. The molecule has 10 aromatic carbocycles. The van der Waals surface area contributed by atoms with Gasteiger partial charge >= 0.3 is 0 Å². The Morgan fingerprint density at radius 1 is 0.288 bits per heavy atom. The Balaban J connectivity index is 1.03. The molecule has 3 heteroatoms. The molecule has 3 nitrogen and oxygen atoms in total. The van der Waals surface area contributed by atoms with E-state index in [4.69, 9.17) is 15.0 Å². The van der Waals surface area contributed by atoms with Crippen molar-refractivity contribution in [2.24, 2.45) is 0 Å². The highest BCUT2D eigenvalue weighted by molar-refractivity contribution is 6.10. The zero-order valence-electron chi connectivity index (χ0n) is 32.7. The van der Waals surface area contributed by atoms with Crippen molar-refractivity contribution in [3.05, 3.63) is 199 Å². The molecule has 0 N–H and O–H groups in total. The second-order valence-corrected chi connectivity index (χ2v) is 16.4. The molecule has 1 aromatic heterocycles. The van der Waals surface area contributed by atoms with E-state index in [1.807, 2.05) is 0 Å². The standard InChI is InChI=1S/C56H37N3/c1-56(2)51-17-8-7-15-46(51)50-31-39(27-29-52(50)56)38-26-28-45-40(30-38)12-9-16-47(45)55-58-53(41-24-22-36-20-18-34-10-3-5-13-43(34)48(36)32-41)57-54(59-55)42-25-23-37-21-19-35-11-4-6-14-44(35)49(37)33-42/h3-33H,1-2H3. The summed E-state index contributed by atoms with van der Waals surface area (Å²) >= 11 is 0. The highest BCUT2D eigenvalue weighted by atomic mass is 15.0. The van der Waals surface area contributed by atoms with Crippen molar-refractivity contribution < 1.29 is 0 Å². The lowest BCUT2D eigenvalue weighted by molar-refractivity contribution is 0.660. The maximum absolute atomic E-state index is 5.28. The van der Waals surface area contributed by atoms with Crippen LogP contribution in [0.4, 0.5) is 0 Å². The number of fused-ring (bicyclic) bond motifs is 10. The van der Waals surface area contributed by atoms with Gasteiger partial charge in [0.2, 0.25) is 0 Å².